The summed E-state index contributed by atoms with van der Waals surface area (Å²) in [5.74, 6) is -14.3. The van der Waals surface area contributed by atoms with E-state index in [1.807, 2.05) is 0 Å². The van der Waals surface area contributed by atoms with E-state index >= 15 is 0 Å². The second kappa shape index (κ2) is 4.06. The first-order chi connectivity index (χ1) is 8.40. The summed E-state index contributed by atoms with van der Waals surface area (Å²) in [6.07, 6.45) is 0. The van der Waals surface area contributed by atoms with Gasteiger partial charge < -0.3 is 0 Å². The van der Waals surface area contributed by atoms with E-state index in [-0.39, 0.29) is 22.9 Å². The van der Waals surface area contributed by atoms with Gasteiger partial charge in [0, 0.05) is 0 Å². The Hall–Kier alpha value is 0.0300. The number of rotatable bonds is 0. The minimum atomic E-state index is -7.17. The molecule has 0 amide bonds. The molecule has 0 aromatic rings. The van der Waals surface area contributed by atoms with Crippen LogP contribution in [0.5, 0.6) is 0 Å². The van der Waals surface area contributed by atoms with Crippen molar-refractivity contribution in [2.75, 3.05) is 0 Å². The van der Waals surface area contributed by atoms with Gasteiger partial charge in [-0.15, -0.1) is 0 Å². The van der Waals surface area contributed by atoms with Crippen LogP contribution in [0.25, 0.3) is 0 Å². The molecule has 0 bridgehead atoms. The maximum Gasteiger partial charge on any atom is 0.429 e. The van der Waals surface area contributed by atoms with Gasteiger partial charge in [-0.1, -0.05) is 0 Å². The van der Waals surface area contributed by atoms with Crippen molar-refractivity contribution < 1.29 is 52.0 Å². The number of hydrogen-bond donors (Lipinski definition) is 0. The largest absolute Gasteiger partial charge is 0.429 e. The van der Waals surface area contributed by atoms with E-state index in [0.717, 1.165) is 0 Å². The van der Waals surface area contributed by atoms with Gasteiger partial charge in [0.2, 0.25) is 0 Å². The summed E-state index contributed by atoms with van der Waals surface area (Å²) in [7, 11) is -14.1. The van der Waals surface area contributed by atoms with E-state index in [1.54, 1.807) is 0 Å². The summed E-state index contributed by atoms with van der Waals surface area (Å²) in [4.78, 5) is 0. The molecule has 1 aliphatic heterocycles. The highest BCUT2D eigenvalue weighted by Gasteiger charge is 2.91. The number of alkyl halides is 8. The average molecular weight is 469 g/mol. The Labute approximate surface area is 119 Å². The van der Waals surface area contributed by atoms with E-state index in [2.05, 4.69) is 0 Å². The van der Waals surface area contributed by atoms with Gasteiger partial charge in [0.15, 0.2) is 0 Å². The fourth-order valence-corrected chi connectivity index (χ4v) is 5.34. The fraction of sp³-hybridized carbons (Fsp3) is 1.00. The monoisotopic (exact) mass is 469 g/mol. The van der Waals surface area contributed by atoms with Crippen LogP contribution in [-0.4, -0.2) is 41.1 Å². The van der Waals surface area contributed by atoms with Gasteiger partial charge in [0.1, 0.15) is 0 Å². The molecule has 0 radical (unpaired) electrons. The highest BCUT2D eigenvalue weighted by molar-refractivity contribution is 14.1. The van der Waals surface area contributed by atoms with Crippen molar-refractivity contribution in [3.63, 3.8) is 0 Å². The first-order valence-electron chi connectivity index (χ1n) is 3.87. The molecule has 1 fully saturated rings. The molecule has 0 atom stereocenters. The zero-order chi connectivity index (χ0) is 16.6. The summed E-state index contributed by atoms with van der Waals surface area (Å²) in [5, 5.41) is -13.6. The summed E-state index contributed by atoms with van der Waals surface area (Å²) < 4.78 is 145. The molecule has 5 nitrogen and oxygen atoms in total. The maximum absolute atomic E-state index is 13.0. The molecule has 0 aromatic carbocycles. The molecule has 1 saturated heterocycles. The molecule has 0 unspecified atom stereocenters. The SMILES string of the molecule is O=S1(=O)N(I)S(=O)(=O)C(F)(F)C(F)(F)C(F)(F)C1(F)F. The number of hydrogen-bond acceptors (Lipinski definition) is 4. The van der Waals surface area contributed by atoms with Crippen LogP contribution in [0.2, 0.25) is 0 Å². The first kappa shape index (κ1) is 18.1. The molecular formula is C4F8INO4S2. The Morgan fingerprint density at radius 2 is 0.850 bits per heavy atom. The lowest BCUT2D eigenvalue weighted by atomic mass is 10.2. The third-order valence-corrected chi connectivity index (χ3v) is 9.00. The standard InChI is InChI=1S/C4F8INO4S2/c5-1(6)2(7,8)4(11,12)20(17,18)14(13)19(15,16)3(1,9)10. The van der Waals surface area contributed by atoms with Crippen LogP contribution in [0.1, 0.15) is 0 Å². The van der Waals surface area contributed by atoms with Gasteiger partial charge in [0.05, 0.1) is 22.9 Å². The van der Waals surface area contributed by atoms with E-state index in [9.17, 15) is 52.0 Å². The van der Waals surface area contributed by atoms with Crippen LogP contribution in [0.3, 0.4) is 0 Å². The van der Waals surface area contributed by atoms with Crippen LogP contribution < -0.4 is 0 Å². The van der Waals surface area contributed by atoms with E-state index in [4.69, 9.17) is 0 Å². The van der Waals surface area contributed by atoms with Crippen molar-refractivity contribution in [1.82, 2.24) is 1.92 Å². The highest BCUT2D eigenvalue weighted by atomic mass is 127. The Morgan fingerprint density at radius 3 is 1.05 bits per heavy atom. The lowest BCUT2D eigenvalue weighted by Gasteiger charge is -2.30. The van der Waals surface area contributed by atoms with E-state index in [1.165, 1.54) is 0 Å². The molecule has 16 heteroatoms. The summed E-state index contributed by atoms with van der Waals surface area (Å²) in [6, 6.07) is 0. The Morgan fingerprint density at radius 1 is 0.650 bits per heavy atom. The molecule has 1 aliphatic rings. The van der Waals surface area contributed by atoms with E-state index < -0.39 is 44.3 Å². The van der Waals surface area contributed by atoms with Gasteiger partial charge in [-0.25, -0.2) is 16.8 Å². The molecule has 1 heterocycles. The van der Waals surface area contributed by atoms with Crippen LogP contribution in [-0.2, 0) is 20.0 Å². The molecule has 0 spiro atoms. The normalized spacial score (nSPS) is 33.2. The first-order valence-corrected chi connectivity index (χ1v) is 7.72. The van der Waals surface area contributed by atoms with Crippen molar-refractivity contribution in [3.8, 4) is 0 Å². The van der Waals surface area contributed by atoms with Crippen molar-refractivity contribution in [2.45, 2.75) is 22.4 Å². The fourth-order valence-electron chi connectivity index (χ4n) is 0.999. The topological polar surface area (TPSA) is 71.5 Å². The summed E-state index contributed by atoms with van der Waals surface area (Å²) >= 11 is -0.218. The van der Waals surface area contributed by atoms with Crippen molar-refractivity contribution in [3.05, 3.63) is 0 Å². The Bertz CT molecular complexity index is 585. The average Bonchev–Trinajstić information content (AvgIpc) is 2.25. The predicted molar refractivity (Wildman–Crippen MR) is 53.5 cm³/mol. The number of nitrogens with zero attached hydrogens (tertiary/aromatic N) is 1. The molecule has 120 valence electrons. The minimum absolute atomic E-state index is 0.218. The lowest BCUT2D eigenvalue weighted by Crippen LogP contribution is -2.62. The third kappa shape index (κ3) is 1.61. The second-order valence-electron chi connectivity index (χ2n) is 3.35. The summed E-state index contributed by atoms with van der Waals surface area (Å²) in [6.45, 7) is 0. The molecule has 20 heavy (non-hydrogen) atoms. The van der Waals surface area contributed by atoms with Crippen molar-refractivity contribution in [1.29, 1.82) is 0 Å². The smallest absolute Gasteiger partial charge is 0.204 e. The molecule has 0 N–H and O–H groups in total. The zero-order valence-corrected chi connectivity index (χ0v) is 12.1. The van der Waals surface area contributed by atoms with E-state index in [0.29, 0.717) is 0 Å². The van der Waals surface area contributed by atoms with Crippen LogP contribution in [0.15, 0.2) is 0 Å². The van der Waals surface area contributed by atoms with Gasteiger partial charge in [-0.2, -0.15) is 35.1 Å². The third-order valence-electron chi connectivity index (χ3n) is 2.15. The molecule has 1 rings (SSSR count). The second-order valence-corrected chi connectivity index (χ2v) is 9.51. The Balaban J connectivity index is 4.04. The van der Waals surface area contributed by atoms with Gasteiger partial charge in [-0.3, -0.25) is 0 Å². The molecule has 0 saturated carbocycles. The molecule has 0 aromatic heterocycles. The maximum atomic E-state index is 13.0. The molecule has 0 aliphatic carbocycles. The van der Waals surface area contributed by atoms with Crippen molar-refractivity contribution >= 4 is 42.9 Å². The highest BCUT2D eigenvalue weighted by Crippen LogP contribution is 2.60. The molecular weight excluding hydrogens is 469 g/mol. The van der Waals surface area contributed by atoms with Gasteiger partial charge in [-0.05, 0) is 1.92 Å². The summed E-state index contributed by atoms with van der Waals surface area (Å²) in [5.41, 5.74) is 0. The lowest BCUT2D eigenvalue weighted by molar-refractivity contribution is -0.324. The minimum Gasteiger partial charge on any atom is -0.204 e. The quantitative estimate of drug-likeness (QED) is 0.308. The predicted octanol–water partition coefficient (Wildman–Crippen LogP) is 1.77. The van der Waals surface area contributed by atoms with Gasteiger partial charge in [0.25, 0.3) is 0 Å². The number of sulfonamides is 2. The van der Waals surface area contributed by atoms with Gasteiger partial charge >= 0.3 is 42.4 Å². The van der Waals surface area contributed by atoms with Crippen LogP contribution in [0, 0.1) is 0 Å². The number of halogens is 9. The van der Waals surface area contributed by atoms with Crippen molar-refractivity contribution in [2.24, 2.45) is 0 Å². The van der Waals surface area contributed by atoms with Crippen LogP contribution >= 0.6 is 22.9 Å². The Kier molecular flexibility index (Phi) is 3.67. The van der Waals surface area contributed by atoms with Crippen LogP contribution in [0.4, 0.5) is 35.1 Å². The zero-order valence-electron chi connectivity index (χ0n) is 8.30.